The van der Waals surface area contributed by atoms with Gasteiger partial charge in [-0.25, -0.2) is 4.98 Å². The molecule has 0 atom stereocenters. The van der Waals surface area contributed by atoms with E-state index < -0.39 is 0 Å². The van der Waals surface area contributed by atoms with Gasteiger partial charge in [0.05, 0.1) is 18.1 Å². The van der Waals surface area contributed by atoms with Crippen molar-refractivity contribution in [2.75, 3.05) is 18.5 Å². The zero-order valence-electron chi connectivity index (χ0n) is 10.7. The van der Waals surface area contributed by atoms with Crippen molar-refractivity contribution in [1.29, 1.82) is 0 Å². The zero-order chi connectivity index (χ0) is 12.0. The molecule has 1 aromatic rings. The fourth-order valence-electron chi connectivity index (χ4n) is 1.28. The highest BCUT2D eigenvalue weighted by molar-refractivity contribution is 5.35. The average molecular weight is 222 g/mol. The SMILES string of the molecule is CCCNCc1cnc(N(C)C(C)C)cn1. The van der Waals surface area contributed by atoms with Gasteiger partial charge >= 0.3 is 0 Å². The second-order valence-corrected chi connectivity index (χ2v) is 4.25. The van der Waals surface area contributed by atoms with Crippen LogP contribution in [0, 0.1) is 0 Å². The maximum absolute atomic E-state index is 4.40. The molecule has 0 unspecified atom stereocenters. The molecular weight excluding hydrogens is 200 g/mol. The van der Waals surface area contributed by atoms with Crippen LogP contribution in [0.25, 0.3) is 0 Å². The lowest BCUT2D eigenvalue weighted by molar-refractivity contribution is 0.660. The molecule has 1 rings (SSSR count). The fraction of sp³-hybridized carbons (Fsp3) is 0.667. The van der Waals surface area contributed by atoms with E-state index in [1.807, 2.05) is 19.4 Å². The normalized spacial score (nSPS) is 10.8. The molecule has 1 heterocycles. The smallest absolute Gasteiger partial charge is 0.147 e. The van der Waals surface area contributed by atoms with Gasteiger partial charge in [-0.3, -0.25) is 4.98 Å². The standard InChI is InChI=1S/C12H22N4/c1-5-6-13-7-11-8-15-12(9-14-11)16(4)10(2)3/h8-10,13H,5-7H2,1-4H3. The third-order valence-electron chi connectivity index (χ3n) is 2.56. The molecule has 0 spiro atoms. The highest BCUT2D eigenvalue weighted by Crippen LogP contribution is 2.09. The van der Waals surface area contributed by atoms with Gasteiger partial charge in [0.2, 0.25) is 0 Å². The second-order valence-electron chi connectivity index (χ2n) is 4.25. The Balaban J connectivity index is 2.54. The minimum absolute atomic E-state index is 0.443. The van der Waals surface area contributed by atoms with Crippen LogP contribution in [-0.4, -0.2) is 29.6 Å². The molecule has 90 valence electrons. The number of nitrogens with one attached hydrogen (secondary N) is 1. The Kier molecular flexibility index (Phi) is 5.19. The van der Waals surface area contributed by atoms with E-state index in [-0.39, 0.29) is 0 Å². The van der Waals surface area contributed by atoms with Crippen molar-refractivity contribution in [1.82, 2.24) is 15.3 Å². The first-order valence-corrected chi connectivity index (χ1v) is 5.89. The molecule has 0 amide bonds. The number of hydrogen-bond donors (Lipinski definition) is 1. The monoisotopic (exact) mass is 222 g/mol. The molecule has 0 bridgehead atoms. The number of rotatable bonds is 6. The van der Waals surface area contributed by atoms with E-state index in [0.29, 0.717) is 6.04 Å². The fourth-order valence-corrected chi connectivity index (χ4v) is 1.28. The van der Waals surface area contributed by atoms with Crippen LogP contribution in [0.2, 0.25) is 0 Å². The molecule has 0 aliphatic carbocycles. The number of aromatic nitrogens is 2. The lowest BCUT2D eigenvalue weighted by Crippen LogP contribution is -2.26. The van der Waals surface area contributed by atoms with E-state index in [1.165, 1.54) is 0 Å². The van der Waals surface area contributed by atoms with Crippen LogP contribution < -0.4 is 10.2 Å². The van der Waals surface area contributed by atoms with E-state index in [1.54, 1.807) is 0 Å². The lowest BCUT2D eigenvalue weighted by Gasteiger charge is -2.22. The molecule has 4 heteroatoms. The van der Waals surface area contributed by atoms with Gasteiger partial charge in [-0.2, -0.15) is 0 Å². The highest BCUT2D eigenvalue weighted by Gasteiger charge is 2.06. The Morgan fingerprint density at radius 3 is 2.56 bits per heavy atom. The summed E-state index contributed by atoms with van der Waals surface area (Å²) in [7, 11) is 2.03. The topological polar surface area (TPSA) is 41.1 Å². The van der Waals surface area contributed by atoms with Crippen LogP contribution in [-0.2, 0) is 6.54 Å². The summed E-state index contributed by atoms with van der Waals surface area (Å²) in [6.07, 6.45) is 4.82. The summed E-state index contributed by atoms with van der Waals surface area (Å²) in [6.45, 7) is 8.25. The maximum atomic E-state index is 4.40. The minimum atomic E-state index is 0.443. The van der Waals surface area contributed by atoms with Crippen LogP contribution in [0.5, 0.6) is 0 Å². The van der Waals surface area contributed by atoms with Crippen LogP contribution in [0.1, 0.15) is 32.9 Å². The summed E-state index contributed by atoms with van der Waals surface area (Å²) in [6, 6.07) is 0.443. The molecule has 0 saturated carbocycles. The summed E-state index contributed by atoms with van der Waals surface area (Å²) in [5.41, 5.74) is 0.995. The van der Waals surface area contributed by atoms with Gasteiger partial charge in [0.25, 0.3) is 0 Å². The van der Waals surface area contributed by atoms with Gasteiger partial charge in [-0.15, -0.1) is 0 Å². The summed E-state index contributed by atoms with van der Waals surface area (Å²) in [5, 5.41) is 3.31. The molecule has 0 aliphatic heterocycles. The van der Waals surface area contributed by atoms with Crippen molar-refractivity contribution in [3.8, 4) is 0 Å². The molecule has 0 aliphatic rings. The predicted molar refractivity (Wildman–Crippen MR) is 67.6 cm³/mol. The molecule has 1 N–H and O–H groups in total. The lowest BCUT2D eigenvalue weighted by atomic mass is 10.3. The van der Waals surface area contributed by atoms with Crippen molar-refractivity contribution in [2.45, 2.75) is 39.8 Å². The van der Waals surface area contributed by atoms with Gasteiger partial charge in [-0.1, -0.05) is 6.92 Å². The third kappa shape index (κ3) is 3.77. The van der Waals surface area contributed by atoms with Crippen LogP contribution in [0.3, 0.4) is 0 Å². The van der Waals surface area contributed by atoms with Crippen LogP contribution in [0.4, 0.5) is 5.82 Å². The van der Waals surface area contributed by atoms with Crippen molar-refractivity contribution in [2.24, 2.45) is 0 Å². The number of hydrogen-bond acceptors (Lipinski definition) is 4. The molecule has 4 nitrogen and oxygen atoms in total. The first-order chi connectivity index (χ1) is 7.65. The van der Waals surface area contributed by atoms with Crippen molar-refractivity contribution in [3.05, 3.63) is 18.1 Å². The Bertz CT molecular complexity index is 294. The quantitative estimate of drug-likeness (QED) is 0.745. The molecule has 0 radical (unpaired) electrons. The summed E-state index contributed by atoms with van der Waals surface area (Å²) < 4.78 is 0. The molecule has 0 fully saturated rings. The Hall–Kier alpha value is -1.16. The van der Waals surface area contributed by atoms with E-state index in [2.05, 4.69) is 41.0 Å². The molecule has 1 aromatic heterocycles. The van der Waals surface area contributed by atoms with Crippen molar-refractivity contribution < 1.29 is 0 Å². The minimum Gasteiger partial charge on any atom is -0.356 e. The first-order valence-electron chi connectivity index (χ1n) is 5.89. The van der Waals surface area contributed by atoms with Crippen LogP contribution in [0.15, 0.2) is 12.4 Å². The Labute approximate surface area is 98.1 Å². The van der Waals surface area contributed by atoms with Gasteiger partial charge in [-0.05, 0) is 26.8 Å². The van der Waals surface area contributed by atoms with Crippen molar-refractivity contribution >= 4 is 5.82 Å². The second kappa shape index (κ2) is 6.43. The predicted octanol–water partition coefficient (Wildman–Crippen LogP) is 1.82. The van der Waals surface area contributed by atoms with E-state index in [9.17, 15) is 0 Å². The summed E-state index contributed by atoms with van der Waals surface area (Å²) in [5.74, 6) is 0.925. The average Bonchev–Trinajstić information content (AvgIpc) is 2.29. The van der Waals surface area contributed by atoms with Crippen LogP contribution >= 0.6 is 0 Å². The third-order valence-corrected chi connectivity index (χ3v) is 2.56. The largest absolute Gasteiger partial charge is 0.356 e. The molecule has 0 saturated heterocycles. The summed E-state index contributed by atoms with van der Waals surface area (Å²) in [4.78, 5) is 10.9. The first kappa shape index (κ1) is 12.9. The van der Waals surface area contributed by atoms with Gasteiger partial charge < -0.3 is 10.2 Å². The molecule has 16 heavy (non-hydrogen) atoms. The highest BCUT2D eigenvalue weighted by atomic mass is 15.2. The van der Waals surface area contributed by atoms with Gasteiger partial charge in [0.15, 0.2) is 0 Å². The molecular formula is C12H22N4. The number of anilines is 1. The Morgan fingerprint density at radius 2 is 2.06 bits per heavy atom. The van der Waals surface area contributed by atoms with E-state index in [4.69, 9.17) is 0 Å². The van der Waals surface area contributed by atoms with E-state index in [0.717, 1.165) is 31.0 Å². The van der Waals surface area contributed by atoms with Crippen molar-refractivity contribution in [3.63, 3.8) is 0 Å². The summed E-state index contributed by atoms with van der Waals surface area (Å²) >= 11 is 0. The Morgan fingerprint density at radius 1 is 1.31 bits per heavy atom. The number of nitrogens with zero attached hydrogens (tertiary/aromatic N) is 3. The van der Waals surface area contributed by atoms with Gasteiger partial charge in [0.1, 0.15) is 5.82 Å². The van der Waals surface area contributed by atoms with E-state index >= 15 is 0 Å². The molecule has 0 aromatic carbocycles. The zero-order valence-corrected chi connectivity index (χ0v) is 10.7. The maximum Gasteiger partial charge on any atom is 0.147 e. The van der Waals surface area contributed by atoms with Gasteiger partial charge in [0, 0.05) is 19.6 Å².